The Hall–Kier alpha value is -2.21. The molecule has 2 N–H and O–H groups in total. The molecule has 142 valence electrons. The van der Waals surface area contributed by atoms with Crippen molar-refractivity contribution in [1.82, 2.24) is 15.0 Å². The van der Waals surface area contributed by atoms with Crippen molar-refractivity contribution in [1.29, 1.82) is 0 Å². The summed E-state index contributed by atoms with van der Waals surface area (Å²) in [6.07, 6.45) is 11.0. The lowest BCUT2D eigenvalue weighted by atomic mass is 10.1. The molecular formula is C20H30N4O2. The first-order valence-corrected chi connectivity index (χ1v) is 9.51. The number of aliphatic hydroxyl groups is 1. The topological polar surface area (TPSA) is 80.2 Å². The summed E-state index contributed by atoms with van der Waals surface area (Å²) in [5.74, 6) is 2.15. The van der Waals surface area contributed by atoms with Gasteiger partial charge < -0.3 is 15.2 Å². The van der Waals surface area contributed by atoms with E-state index >= 15 is 0 Å². The SMILES string of the molecule is CCCCC(CCO)Nc1nc(CCC)ncc1OCc1cccnc1. The number of aliphatic hydroxyl groups excluding tert-OH is 1. The predicted octanol–water partition coefficient (Wildman–Crippen LogP) is 3.76. The van der Waals surface area contributed by atoms with Crippen LogP contribution in [0.5, 0.6) is 5.75 Å². The quantitative estimate of drug-likeness (QED) is 0.601. The van der Waals surface area contributed by atoms with Crippen LogP contribution in [0.25, 0.3) is 0 Å². The number of nitrogens with zero attached hydrogens (tertiary/aromatic N) is 3. The van der Waals surface area contributed by atoms with E-state index in [0.29, 0.717) is 24.6 Å². The van der Waals surface area contributed by atoms with Crippen molar-refractivity contribution in [3.8, 4) is 5.75 Å². The van der Waals surface area contributed by atoms with Crippen LogP contribution in [0.1, 0.15) is 57.3 Å². The Morgan fingerprint density at radius 1 is 1.19 bits per heavy atom. The summed E-state index contributed by atoms with van der Waals surface area (Å²) in [5, 5.41) is 12.8. The highest BCUT2D eigenvalue weighted by Gasteiger charge is 2.14. The largest absolute Gasteiger partial charge is 0.483 e. The van der Waals surface area contributed by atoms with E-state index in [1.54, 1.807) is 18.6 Å². The van der Waals surface area contributed by atoms with Gasteiger partial charge in [0.25, 0.3) is 0 Å². The highest BCUT2D eigenvalue weighted by molar-refractivity contribution is 5.49. The minimum atomic E-state index is 0.153. The lowest BCUT2D eigenvalue weighted by molar-refractivity contribution is 0.275. The standard InChI is InChI=1S/C20H30N4O2/c1-3-5-9-17(10-12-25)23-20-18(14-22-19(24-20)7-4-2)26-15-16-8-6-11-21-13-16/h6,8,11,13-14,17,25H,3-5,7,9-10,12,15H2,1-2H3,(H,22,23,24). The van der Waals surface area contributed by atoms with Gasteiger partial charge in [-0.2, -0.15) is 0 Å². The fourth-order valence-corrected chi connectivity index (χ4v) is 2.69. The number of pyridine rings is 1. The van der Waals surface area contributed by atoms with Gasteiger partial charge in [-0.15, -0.1) is 0 Å². The summed E-state index contributed by atoms with van der Waals surface area (Å²) >= 11 is 0. The van der Waals surface area contributed by atoms with Gasteiger partial charge in [-0.25, -0.2) is 9.97 Å². The Bertz CT molecular complexity index is 637. The lowest BCUT2D eigenvalue weighted by Gasteiger charge is -2.20. The molecule has 0 bridgehead atoms. The second-order valence-corrected chi connectivity index (χ2v) is 6.39. The van der Waals surface area contributed by atoms with E-state index in [1.807, 2.05) is 12.1 Å². The van der Waals surface area contributed by atoms with E-state index in [4.69, 9.17) is 4.74 Å². The smallest absolute Gasteiger partial charge is 0.180 e. The third-order valence-electron chi connectivity index (χ3n) is 4.12. The minimum absolute atomic E-state index is 0.153. The zero-order chi connectivity index (χ0) is 18.6. The maximum Gasteiger partial charge on any atom is 0.180 e. The Labute approximate surface area is 156 Å². The number of unbranched alkanes of at least 4 members (excludes halogenated alkanes) is 1. The molecule has 0 fully saturated rings. The zero-order valence-corrected chi connectivity index (χ0v) is 15.8. The van der Waals surface area contributed by atoms with Crippen LogP contribution < -0.4 is 10.1 Å². The minimum Gasteiger partial charge on any atom is -0.483 e. The van der Waals surface area contributed by atoms with E-state index in [0.717, 1.165) is 43.5 Å². The number of ether oxygens (including phenoxy) is 1. The summed E-state index contributed by atoms with van der Waals surface area (Å²) in [4.78, 5) is 13.2. The average molecular weight is 358 g/mol. The van der Waals surface area contributed by atoms with Crippen LogP contribution in [0.3, 0.4) is 0 Å². The molecular weight excluding hydrogens is 328 g/mol. The van der Waals surface area contributed by atoms with Gasteiger partial charge in [0.05, 0.1) is 6.20 Å². The second-order valence-electron chi connectivity index (χ2n) is 6.39. The fraction of sp³-hybridized carbons (Fsp3) is 0.550. The van der Waals surface area contributed by atoms with Gasteiger partial charge in [0, 0.05) is 37.0 Å². The highest BCUT2D eigenvalue weighted by Crippen LogP contribution is 2.25. The molecule has 0 saturated carbocycles. The Balaban J connectivity index is 2.14. The molecule has 6 heteroatoms. The second kappa shape index (κ2) is 11.4. The maximum absolute atomic E-state index is 9.36. The third-order valence-corrected chi connectivity index (χ3v) is 4.12. The van der Waals surface area contributed by atoms with Gasteiger partial charge in [-0.1, -0.05) is 32.8 Å². The van der Waals surface area contributed by atoms with Gasteiger partial charge in [0.1, 0.15) is 12.4 Å². The van der Waals surface area contributed by atoms with Crippen molar-refractivity contribution in [2.24, 2.45) is 0 Å². The normalized spacial score (nSPS) is 12.0. The molecule has 1 atom stereocenters. The van der Waals surface area contributed by atoms with Crippen LogP contribution in [-0.2, 0) is 13.0 Å². The van der Waals surface area contributed by atoms with Gasteiger partial charge in [-0.3, -0.25) is 4.98 Å². The first-order valence-electron chi connectivity index (χ1n) is 9.51. The highest BCUT2D eigenvalue weighted by atomic mass is 16.5. The molecule has 6 nitrogen and oxygen atoms in total. The fourth-order valence-electron chi connectivity index (χ4n) is 2.69. The summed E-state index contributed by atoms with van der Waals surface area (Å²) in [7, 11) is 0. The predicted molar refractivity (Wildman–Crippen MR) is 103 cm³/mol. The summed E-state index contributed by atoms with van der Waals surface area (Å²) in [5.41, 5.74) is 0.994. The first kappa shape index (κ1) is 20.1. The Kier molecular flexibility index (Phi) is 8.83. The number of nitrogens with one attached hydrogen (secondary N) is 1. The van der Waals surface area contributed by atoms with Crippen molar-refractivity contribution in [2.75, 3.05) is 11.9 Å². The van der Waals surface area contributed by atoms with Gasteiger partial charge >= 0.3 is 0 Å². The lowest BCUT2D eigenvalue weighted by Crippen LogP contribution is -2.22. The van der Waals surface area contributed by atoms with E-state index in [1.165, 1.54) is 0 Å². The van der Waals surface area contributed by atoms with Crippen molar-refractivity contribution >= 4 is 5.82 Å². The Morgan fingerprint density at radius 3 is 2.77 bits per heavy atom. The molecule has 0 aromatic carbocycles. The number of aromatic nitrogens is 3. The van der Waals surface area contributed by atoms with Crippen LogP contribution in [0.2, 0.25) is 0 Å². The Morgan fingerprint density at radius 2 is 2.08 bits per heavy atom. The first-order chi connectivity index (χ1) is 12.8. The van der Waals surface area contributed by atoms with Crippen LogP contribution in [0.4, 0.5) is 5.82 Å². The molecule has 0 aliphatic heterocycles. The van der Waals surface area contributed by atoms with Crippen molar-refractivity contribution in [2.45, 2.75) is 65.0 Å². The molecule has 1 unspecified atom stereocenters. The summed E-state index contributed by atoms with van der Waals surface area (Å²) in [6, 6.07) is 4.04. The van der Waals surface area contributed by atoms with Crippen molar-refractivity contribution in [3.63, 3.8) is 0 Å². The molecule has 26 heavy (non-hydrogen) atoms. The average Bonchev–Trinajstić information content (AvgIpc) is 2.67. The maximum atomic E-state index is 9.36. The molecule has 2 aromatic rings. The molecule has 0 saturated heterocycles. The third kappa shape index (κ3) is 6.59. The van der Waals surface area contributed by atoms with Crippen molar-refractivity contribution in [3.05, 3.63) is 42.1 Å². The molecule has 2 aromatic heterocycles. The monoisotopic (exact) mass is 358 g/mol. The number of rotatable bonds is 12. The van der Waals surface area contributed by atoms with Crippen LogP contribution >= 0.6 is 0 Å². The van der Waals surface area contributed by atoms with Crippen molar-refractivity contribution < 1.29 is 9.84 Å². The molecule has 2 rings (SSSR count). The van der Waals surface area contributed by atoms with Crippen LogP contribution in [0.15, 0.2) is 30.7 Å². The van der Waals surface area contributed by atoms with E-state index in [-0.39, 0.29) is 12.6 Å². The van der Waals surface area contributed by atoms with E-state index in [2.05, 4.69) is 34.1 Å². The van der Waals surface area contributed by atoms with E-state index in [9.17, 15) is 5.11 Å². The number of aryl methyl sites for hydroxylation is 1. The van der Waals surface area contributed by atoms with Gasteiger partial charge in [0.2, 0.25) is 0 Å². The van der Waals surface area contributed by atoms with Gasteiger partial charge in [0.15, 0.2) is 11.6 Å². The molecule has 0 radical (unpaired) electrons. The summed E-state index contributed by atoms with van der Waals surface area (Å²) in [6.45, 7) is 4.85. The van der Waals surface area contributed by atoms with Crippen LogP contribution in [0, 0.1) is 0 Å². The molecule has 0 aliphatic carbocycles. The number of anilines is 1. The van der Waals surface area contributed by atoms with E-state index < -0.39 is 0 Å². The molecule has 2 heterocycles. The van der Waals surface area contributed by atoms with Gasteiger partial charge in [-0.05, 0) is 25.3 Å². The molecule has 0 aliphatic rings. The van der Waals surface area contributed by atoms with Crippen LogP contribution in [-0.4, -0.2) is 32.7 Å². The number of hydrogen-bond acceptors (Lipinski definition) is 6. The summed E-state index contributed by atoms with van der Waals surface area (Å²) < 4.78 is 5.95. The molecule has 0 spiro atoms. The zero-order valence-electron chi connectivity index (χ0n) is 15.8. The number of hydrogen-bond donors (Lipinski definition) is 2. The molecule has 0 amide bonds.